The van der Waals surface area contributed by atoms with Gasteiger partial charge in [0.05, 0.1) is 0 Å². The molecule has 0 fully saturated rings. The molecule has 2 aromatic rings. The minimum Gasteiger partial charge on any atom is -0.299 e. The zero-order valence-corrected chi connectivity index (χ0v) is 11.3. The average Bonchev–Trinajstić information content (AvgIpc) is 2.85. The Bertz CT molecular complexity index is 443. The number of hydrogen-bond acceptors (Lipinski definition) is 2. The molecule has 1 heterocycles. The maximum Gasteiger partial charge on any atom is 0.0327 e. The second-order valence-electron chi connectivity index (χ2n) is 4.13. The lowest BCUT2D eigenvalue weighted by molar-refractivity contribution is 0.298. The van der Waals surface area contributed by atoms with E-state index in [9.17, 15) is 0 Å². The summed E-state index contributed by atoms with van der Waals surface area (Å²) in [6.45, 7) is 7.75. The Kier molecular flexibility index (Phi) is 4.35. The SMILES string of the molecule is CCN(CC)Cc1cc(-c2ccccc2)cs1. The normalized spacial score (nSPS) is 11.0. The summed E-state index contributed by atoms with van der Waals surface area (Å²) in [6.07, 6.45) is 0. The first kappa shape index (κ1) is 12.3. The van der Waals surface area contributed by atoms with Gasteiger partial charge in [0.25, 0.3) is 0 Å². The molecule has 0 bridgehead atoms. The van der Waals surface area contributed by atoms with E-state index < -0.39 is 0 Å². The largest absolute Gasteiger partial charge is 0.299 e. The summed E-state index contributed by atoms with van der Waals surface area (Å²) in [4.78, 5) is 3.90. The molecule has 90 valence electrons. The predicted molar refractivity (Wildman–Crippen MR) is 76.4 cm³/mol. The molecule has 0 saturated carbocycles. The highest BCUT2D eigenvalue weighted by atomic mass is 32.1. The first-order valence-electron chi connectivity index (χ1n) is 6.18. The van der Waals surface area contributed by atoms with Gasteiger partial charge in [-0.2, -0.15) is 0 Å². The van der Waals surface area contributed by atoms with Crippen LogP contribution in [0.25, 0.3) is 11.1 Å². The van der Waals surface area contributed by atoms with E-state index in [0.717, 1.165) is 19.6 Å². The summed E-state index contributed by atoms with van der Waals surface area (Å²) in [5.41, 5.74) is 2.66. The molecular formula is C15H19NS. The maximum atomic E-state index is 2.45. The van der Waals surface area contributed by atoms with Gasteiger partial charge in [-0.3, -0.25) is 4.90 Å². The molecule has 0 spiro atoms. The molecule has 0 N–H and O–H groups in total. The average molecular weight is 245 g/mol. The molecule has 1 nitrogen and oxygen atoms in total. The number of hydrogen-bond donors (Lipinski definition) is 0. The maximum absolute atomic E-state index is 2.45. The molecular weight excluding hydrogens is 226 g/mol. The fraction of sp³-hybridized carbons (Fsp3) is 0.333. The summed E-state index contributed by atoms with van der Waals surface area (Å²) >= 11 is 1.86. The van der Waals surface area contributed by atoms with E-state index in [0.29, 0.717) is 0 Å². The summed E-state index contributed by atoms with van der Waals surface area (Å²) in [5.74, 6) is 0. The van der Waals surface area contributed by atoms with Crippen molar-refractivity contribution >= 4 is 11.3 Å². The lowest BCUT2D eigenvalue weighted by atomic mass is 10.1. The van der Waals surface area contributed by atoms with Crippen LogP contribution >= 0.6 is 11.3 Å². The van der Waals surface area contributed by atoms with Gasteiger partial charge in [0, 0.05) is 11.4 Å². The number of rotatable bonds is 5. The molecule has 0 aliphatic rings. The van der Waals surface area contributed by atoms with Crippen LogP contribution in [0.4, 0.5) is 0 Å². The van der Waals surface area contributed by atoms with Crippen molar-refractivity contribution in [2.75, 3.05) is 13.1 Å². The van der Waals surface area contributed by atoms with E-state index >= 15 is 0 Å². The third-order valence-electron chi connectivity index (χ3n) is 3.03. The van der Waals surface area contributed by atoms with E-state index in [-0.39, 0.29) is 0 Å². The van der Waals surface area contributed by atoms with Gasteiger partial charge >= 0.3 is 0 Å². The highest BCUT2D eigenvalue weighted by Crippen LogP contribution is 2.26. The molecule has 1 aromatic heterocycles. The molecule has 17 heavy (non-hydrogen) atoms. The van der Waals surface area contributed by atoms with Crippen LogP contribution in [0, 0.1) is 0 Å². The van der Waals surface area contributed by atoms with Gasteiger partial charge in [-0.1, -0.05) is 44.2 Å². The van der Waals surface area contributed by atoms with Gasteiger partial charge in [0.1, 0.15) is 0 Å². The standard InChI is InChI=1S/C15H19NS/c1-3-16(4-2)11-15-10-14(12-17-15)13-8-6-5-7-9-13/h5-10,12H,3-4,11H2,1-2H3. The zero-order chi connectivity index (χ0) is 12.1. The molecule has 0 radical (unpaired) electrons. The van der Waals surface area contributed by atoms with Crippen molar-refractivity contribution in [2.24, 2.45) is 0 Å². The van der Waals surface area contributed by atoms with Crippen molar-refractivity contribution in [1.29, 1.82) is 0 Å². The molecule has 2 rings (SSSR count). The third-order valence-corrected chi connectivity index (χ3v) is 3.96. The van der Waals surface area contributed by atoms with Crippen LogP contribution in [0.2, 0.25) is 0 Å². The monoisotopic (exact) mass is 245 g/mol. The lowest BCUT2D eigenvalue weighted by Gasteiger charge is -2.16. The number of benzene rings is 1. The van der Waals surface area contributed by atoms with Gasteiger partial charge in [-0.15, -0.1) is 11.3 Å². The van der Waals surface area contributed by atoms with Crippen LogP contribution in [0.15, 0.2) is 41.8 Å². The Morgan fingerprint density at radius 2 is 1.71 bits per heavy atom. The minimum absolute atomic E-state index is 1.07. The van der Waals surface area contributed by atoms with Gasteiger partial charge in [-0.05, 0) is 35.7 Å². The van der Waals surface area contributed by atoms with E-state index in [2.05, 4.69) is 60.5 Å². The molecule has 0 aliphatic carbocycles. The fourth-order valence-corrected chi connectivity index (χ4v) is 2.85. The van der Waals surface area contributed by atoms with Gasteiger partial charge < -0.3 is 0 Å². The van der Waals surface area contributed by atoms with Crippen LogP contribution < -0.4 is 0 Å². The number of nitrogens with zero attached hydrogens (tertiary/aromatic N) is 1. The van der Waals surface area contributed by atoms with Crippen molar-refractivity contribution in [3.8, 4) is 11.1 Å². The summed E-state index contributed by atoms with van der Waals surface area (Å²) in [5, 5.41) is 2.26. The van der Waals surface area contributed by atoms with Crippen molar-refractivity contribution in [2.45, 2.75) is 20.4 Å². The van der Waals surface area contributed by atoms with Crippen LogP contribution in [0.1, 0.15) is 18.7 Å². The first-order valence-corrected chi connectivity index (χ1v) is 7.06. The third kappa shape index (κ3) is 3.18. The summed E-state index contributed by atoms with van der Waals surface area (Å²) < 4.78 is 0. The Morgan fingerprint density at radius 1 is 1.00 bits per heavy atom. The Labute approximate surface area is 108 Å². The quantitative estimate of drug-likeness (QED) is 0.761. The van der Waals surface area contributed by atoms with Gasteiger partial charge in [-0.25, -0.2) is 0 Å². The zero-order valence-electron chi connectivity index (χ0n) is 10.5. The Morgan fingerprint density at radius 3 is 2.35 bits per heavy atom. The van der Waals surface area contributed by atoms with Crippen molar-refractivity contribution in [1.82, 2.24) is 4.90 Å². The number of thiophene rings is 1. The second kappa shape index (κ2) is 5.99. The molecule has 2 heteroatoms. The van der Waals surface area contributed by atoms with E-state index in [1.165, 1.54) is 16.0 Å². The van der Waals surface area contributed by atoms with Gasteiger partial charge in [0.15, 0.2) is 0 Å². The molecule has 0 amide bonds. The van der Waals surface area contributed by atoms with E-state index in [1.807, 2.05) is 11.3 Å². The van der Waals surface area contributed by atoms with E-state index in [4.69, 9.17) is 0 Å². The van der Waals surface area contributed by atoms with E-state index in [1.54, 1.807) is 0 Å². The topological polar surface area (TPSA) is 3.24 Å². The highest BCUT2D eigenvalue weighted by Gasteiger charge is 2.05. The van der Waals surface area contributed by atoms with Crippen molar-refractivity contribution in [3.05, 3.63) is 46.7 Å². The van der Waals surface area contributed by atoms with Crippen LogP contribution in [-0.2, 0) is 6.54 Å². The van der Waals surface area contributed by atoms with Crippen LogP contribution in [-0.4, -0.2) is 18.0 Å². The predicted octanol–water partition coefficient (Wildman–Crippen LogP) is 4.26. The van der Waals surface area contributed by atoms with Gasteiger partial charge in [0.2, 0.25) is 0 Å². The van der Waals surface area contributed by atoms with Crippen LogP contribution in [0.5, 0.6) is 0 Å². The molecule has 0 aliphatic heterocycles. The molecule has 0 unspecified atom stereocenters. The Hall–Kier alpha value is -1.12. The summed E-state index contributed by atoms with van der Waals surface area (Å²) in [7, 11) is 0. The lowest BCUT2D eigenvalue weighted by Crippen LogP contribution is -2.21. The first-order chi connectivity index (χ1) is 8.33. The minimum atomic E-state index is 1.07. The molecule has 0 atom stereocenters. The van der Waals surface area contributed by atoms with Crippen LogP contribution in [0.3, 0.4) is 0 Å². The van der Waals surface area contributed by atoms with Crippen molar-refractivity contribution < 1.29 is 0 Å². The second-order valence-corrected chi connectivity index (χ2v) is 5.12. The molecule has 1 aromatic carbocycles. The Balaban J connectivity index is 2.11. The smallest absolute Gasteiger partial charge is 0.0327 e. The summed E-state index contributed by atoms with van der Waals surface area (Å²) in [6, 6.07) is 12.9. The fourth-order valence-electron chi connectivity index (χ4n) is 1.91. The highest BCUT2D eigenvalue weighted by molar-refractivity contribution is 7.10. The van der Waals surface area contributed by atoms with Crippen molar-refractivity contribution in [3.63, 3.8) is 0 Å². The molecule has 0 saturated heterocycles.